The van der Waals surface area contributed by atoms with Crippen molar-refractivity contribution in [2.45, 2.75) is 27.2 Å². The van der Waals surface area contributed by atoms with Crippen molar-refractivity contribution in [2.75, 3.05) is 37.1 Å². The van der Waals surface area contributed by atoms with Crippen molar-refractivity contribution in [1.29, 1.82) is 0 Å². The van der Waals surface area contributed by atoms with Gasteiger partial charge in [0.1, 0.15) is 5.57 Å². The average molecular weight is 622 g/mol. The largest absolute Gasteiger partial charge is 0.493 e. The van der Waals surface area contributed by atoms with Crippen LogP contribution in [0.3, 0.4) is 0 Å². The minimum atomic E-state index is -0.897. The third-order valence-corrected chi connectivity index (χ3v) is 6.77. The molecule has 44 heavy (non-hydrogen) atoms. The lowest BCUT2D eigenvalue weighted by Gasteiger charge is -2.27. The van der Waals surface area contributed by atoms with Crippen LogP contribution in [-0.4, -0.2) is 50.7 Å². The second-order valence-electron chi connectivity index (χ2n) is 9.58. The van der Waals surface area contributed by atoms with Crippen LogP contribution in [-0.2, 0) is 14.4 Å². The second-order valence-corrected chi connectivity index (χ2v) is 9.99. The number of methoxy groups -OCH3 is 1. The second kappa shape index (κ2) is 14.4. The quantitative estimate of drug-likeness (QED) is 0.199. The predicted molar refractivity (Wildman–Crippen MR) is 166 cm³/mol. The number of ether oxygens (including phenoxy) is 4. The van der Waals surface area contributed by atoms with E-state index in [1.54, 1.807) is 49.4 Å². The van der Waals surface area contributed by atoms with Gasteiger partial charge in [0.2, 0.25) is 0 Å². The van der Waals surface area contributed by atoms with Crippen LogP contribution < -0.4 is 34.5 Å². The highest BCUT2D eigenvalue weighted by atomic mass is 35.5. The maximum atomic E-state index is 13.4. The van der Waals surface area contributed by atoms with E-state index in [1.807, 2.05) is 13.8 Å². The van der Waals surface area contributed by atoms with Gasteiger partial charge < -0.3 is 24.3 Å². The molecule has 3 aromatic carbocycles. The molecule has 0 aliphatic carbocycles. The molecule has 2 N–H and O–H groups in total. The van der Waals surface area contributed by atoms with E-state index in [9.17, 15) is 19.2 Å². The van der Waals surface area contributed by atoms with Crippen LogP contribution in [0.15, 0.2) is 60.2 Å². The van der Waals surface area contributed by atoms with Crippen molar-refractivity contribution in [3.8, 4) is 23.0 Å². The number of nitrogens with zero attached hydrogens (tertiary/aromatic N) is 1. The minimum Gasteiger partial charge on any atom is -0.493 e. The first kappa shape index (κ1) is 31.9. The minimum absolute atomic E-state index is 0.191. The van der Waals surface area contributed by atoms with Gasteiger partial charge in [-0.3, -0.25) is 19.7 Å². The molecule has 1 aliphatic heterocycles. The molecule has 12 heteroatoms. The Morgan fingerprint density at radius 2 is 1.68 bits per heavy atom. The van der Waals surface area contributed by atoms with E-state index >= 15 is 0 Å². The van der Waals surface area contributed by atoms with Crippen molar-refractivity contribution < 1.29 is 38.1 Å². The zero-order chi connectivity index (χ0) is 31.8. The summed E-state index contributed by atoms with van der Waals surface area (Å²) in [5.74, 6) is -0.734. The lowest BCUT2D eigenvalue weighted by atomic mass is 10.1. The first-order chi connectivity index (χ1) is 21.1. The van der Waals surface area contributed by atoms with Crippen LogP contribution in [0.25, 0.3) is 6.08 Å². The number of halogens is 1. The van der Waals surface area contributed by atoms with E-state index in [0.29, 0.717) is 34.4 Å². The van der Waals surface area contributed by atoms with E-state index < -0.39 is 23.8 Å². The van der Waals surface area contributed by atoms with Crippen LogP contribution in [0, 0.1) is 6.92 Å². The molecule has 1 saturated heterocycles. The molecule has 1 aliphatic rings. The van der Waals surface area contributed by atoms with Crippen molar-refractivity contribution in [1.82, 2.24) is 5.32 Å². The molecule has 1 fully saturated rings. The Labute approximate surface area is 259 Å². The van der Waals surface area contributed by atoms with Crippen molar-refractivity contribution in [3.63, 3.8) is 0 Å². The summed E-state index contributed by atoms with van der Waals surface area (Å²) in [6, 6.07) is 13.6. The Bertz CT molecular complexity index is 1620. The number of imide groups is 2. The number of rotatable bonds is 12. The Balaban J connectivity index is 1.54. The summed E-state index contributed by atoms with van der Waals surface area (Å²) in [6.45, 7) is 6.03. The van der Waals surface area contributed by atoms with Crippen LogP contribution in [0.4, 0.5) is 16.2 Å². The van der Waals surface area contributed by atoms with Gasteiger partial charge in [-0.05, 0) is 73.9 Å². The first-order valence-electron chi connectivity index (χ1n) is 13.8. The van der Waals surface area contributed by atoms with E-state index in [-0.39, 0.29) is 36.0 Å². The molecular weight excluding hydrogens is 590 g/mol. The average Bonchev–Trinajstić information content (AvgIpc) is 3.00. The third-order valence-electron chi connectivity index (χ3n) is 6.36. The number of hydrogen-bond donors (Lipinski definition) is 2. The number of aryl methyl sites for hydroxylation is 1. The van der Waals surface area contributed by atoms with Gasteiger partial charge in [-0.25, -0.2) is 9.69 Å². The summed E-state index contributed by atoms with van der Waals surface area (Å²) in [4.78, 5) is 52.2. The van der Waals surface area contributed by atoms with Crippen LogP contribution >= 0.6 is 11.6 Å². The van der Waals surface area contributed by atoms with Gasteiger partial charge in [-0.2, -0.15) is 0 Å². The lowest BCUT2D eigenvalue weighted by molar-refractivity contribution is -0.122. The molecule has 0 unspecified atom stereocenters. The van der Waals surface area contributed by atoms with Gasteiger partial charge in [-0.15, -0.1) is 0 Å². The van der Waals surface area contributed by atoms with E-state index in [2.05, 4.69) is 10.6 Å². The number of carbonyl (C=O) groups is 4. The van der Waals surface area contributed by atoms with Gasteiger partial charge in [-0.1, -0.05) is 30.7 Å². The number of anilines is 2. The number of carbonyl (C=O) groups excluding carboxylic acids is 4. The zero-order valence-electron chi connectivity index (χ0n) is 24.7. The SMILES string of the molecule is CCCOc1ccc(N2C(=O)NC(=O)/C(=C/c3ccc(OCC(=O)Nc4ccc(C)c(Cl)c4)c(OCC)c3)C2=O)cc1OC. The lowest BCUT2D eigenvalue weighted by Crippen LogP contribution is -2.54. The third kappa shape index (κ3) is 7.48. The normalized spacial score (nSPS) is 13.9. The number of benzene rings is 3. The topological polar surface area (TPSA) is 132 Å². The molecular formula is C32H32ClN3O8. The smallest absolute Gasteiger partial charge is 0.335 e. The fourth-order valence-electron chi connectivity index (χ4n) is 4.20. The molecule has 0 saturated carbocycles. The summed E-state index contributed by atoms with van der Waals surface area (Å²) in [7, 11) is 1.45. The van der Waals surface area contributed by atoms with Crippen LogP contribution in [0.2, 0.25) is 5.02 Å². The highest BCUT2D eigenvalue weighted by Gasteiger charge is 2.37. The van der Waals surface area contributed by atoms with Gasteiger partial charge in [0.05, 0.1) is 26.0 Å². The zero-order valence-corrected chi connectivity index (χ0v) is 25.4. The highest BCUT2D eigenvalue weighted by molar-refractivity contribution is 6.39. The molecule has 0 spiro atoms. The number of nitrogens with one attached hydrogen (secondary N) is 2. The maximum Gasteiger partial charge on any atom is 0.335 e. The molecule has 0 aromatic heterocycles. The Kier molecular flexibility index (Phi) is 10.5. The molecule has 0 radical (unpaired) electrons. The monoisotopic (exact) mass is 621 g/mol. The standard InChI is InChI=1S/C32H32ClN3O8/c1-5-13-43-25-12-10-22(17-27(25)41-4)36-31(39)23(30(38)35-32(36)40)14-20-8-11-26(28(15-20)42-6-2)44-18-29(37)34-21-9-7-19(3)24(33)16-21/h7-12,14-17H,5-6,13,18H2,1-4H3,(H,34,37)(H,35,38,40)/b23-14-. The molecule has 0 atom stereocenters. The van der Waals surface area contributed by atoms with Crippen molar-refractivity contribution in [3.05, 3.63) is 76.3 Å². The Morgan fingerprint density at radius 1 is 0.932 bits per heavy atom. The number of amides is 5. The first-order valence-corrected chi connectivity index (χ1v) is 14.2. The summed E-state index contributed by atoms with van der Waals surface area (Å²) in [5.41, 5.74) is 1.76. The van der Waals surface area contributed by atoms with Crippen LogP contribution in [0.1, 0.15) is 31.4 Å². The fraction of sp³-hybridized carbons (Fsp3) is 0.250. The number of urea groups is 1. The van der Waals surface area contributed by atoms with Crippen molar-refractivity contribution >= 4 is 52.8 Å². The number of barbiturate groups is 1. The summed E-state index contributed by atoms with van der Waals surface area (Å²) in [6.07, 6.45) is 2.12. The highest BCUT2D eigenvalue weighted by Crippen LogP contribution is 2.34. The van der Waals surface area contributed by atoms with E-state index in [1.165, 1.54) is 25.3 Å². The van der Waals surface area contributed by atoms with Gasteiger partial charge >= 0.3 is 6.03 Å². The molecule has 11 nitrogen and oxygen atoms in total. The Hall–Kier alpha value is -5.03. The van der Waals surface area contributed by atoms with E-state index in [4.69, 9.17) is 30.5 Å². The Morgan fingerprint density at radius 3 is 2.39 bits per heavy atom. The van der Waals surface area contributed by atoms with Gasteiger partial charge in [0.25, 0.3) is 17.7 Å². The molecule has 5 amide bonds. The molecule has 3 aromatic rings. The fourth-order valence-corrected chi connectivity index (χ4v) is 4.38. The van der Waals surface area contributed by atoms with Gasteiger partial charge in [0.15, 0.2) is 29.6 Å². The van der Waals surface area contributed by atoms with E-state index in [0.717, 1.165) is 16.9 Å². The van der Waals surface area contributed by atoms with Crippen LogP contribution in [0.5, 0.6) is 23.0 Å². The van der Waals surface area contributed by atoms with Crippen molar-refractivity contribution in [2.24, 2.45) is 0 Å². The number of hydrogen-bond acceptors (Lipinski definition) is 8. The molecule has 1 heterocycles. The maximum absolute atomic E-state index is 13.4. The summed E-state index contributed by atoms with van der Waals surface area (Å²) < 4.78 is 22.4. The molecule has 230 valence electrons. The molecule has 4 rings (SSSR count). The predicted octanol–water partition coefficient (Wildman–Crippen LogP) is 5.53. The molecule has 0 bridgehead atoms. The summed E-state index contributed by atoms with van der Waals surface area (Å²) >= 11 is 6.13. The summed E-state index contributed by atoms with van der Waals surface area (Å²) in [5, 5.41) is 5.45. The van der Waals surface area contributed by atoms with Gasteiger partial charge in [0, 0.05) is 16.8 Å².